The van der Waals surface area contributed by atoms with Gasteiger partial charge in [0.05, 0.1) is 0 Å². The maximum Gasteiger partial charge on any atom is 0.257 e. The van der Waals surface area contributed by atoms with Gasteiger partial charge in [0.15, 0.2) is 6.61 Å². The summed E-state index contributed by atoms with van der Waals surface area (Å²) < 4.78 is 17.8. The molecule has 0 bridgehead atoms. The van der Waals surface area contributed by atoms with E-state index in [0.717, 1.165) is 12.8 Å². The highest BCUT2D eigenvalue weighted by Crippen LogP contribution is 2.10. The number of nitrogens with one attached hydrogen (secondary N) is 1. The lowest BCUT2D eigenvalue weighted by Crippen LogP contribution is -2.29. The van der Waals surface area contributed by atoms with Crippen molar-refractivity contribution in [2.45, 2.75) is 19.8 Å². The van der Waals surface area contributed by atoms with Crippen LogP contribution in [0.3, 0.4) is 0 Å². The van der Waals surface area contributed by atoms with Crippen LogP contribution in [0.2, 0.25) is 0 Å². The summed E-state index contributed by atoms with van der Waals surface area (Å²) in [6.45, 7) is 2.61. The lowest BCUT2D eigenvalue weighted by atomic mass is 10.1. The maximum atomic E-state index is 12.6. The van der Waals surface area contributed by atoms with Crippen LogP contribution in [0.1, 0.15) is 19.8 Å². The number of amides is 1. The summed E-state index contributed by atoms with van der Waals surface area (Å²) in [5.74, 6) is 0.175. The standard InChI is InChI=1S/C14H20FNO3/c1-11(9-17)3-2-8-16-14(18)10-19-13-6-4-12(15)5-7-13/h4-7,11,17H,2-3,8-10H2,1H3,(H,16,18). The van der Waals surface area contributed by atoms with Crippen molar-refractivity contribution in [2.75, 3.05) is 19.8 Å². The molecule has 0 aromatic heterocycles. The maximum absolute atomic E-state index is 12.6. The number of hydrogen-bond acceptors (Lipinski definition) is 3. The van der Waals surface area contributed by atoms with E-state index in [1.807, 2.05) is 6.92 Å². The van der Waals surface area contributed by atoms with Crippen LogP contribution in [0.25, 0.3) is 0 Å². The van der Waals surface area contributed by atoms with Crippen molar-refractivity contribution in [3.63, 3.8) is 0 Å². The zero-order valence-corrected chi connectivity index (χ0v) is 11.1. The van der Waals surface area contributed by atoms with Crippen molar-refractivity contribution in [3.05, 3.63) is 30.1 Å². The second-order valence-electron chi connectivity index (χ2n) is 4.52. The van der Waals surface area contributed by atoms with E-state index in [4.69, 9.17) is 9.84 Å². The molecule has 1 rings (SSSR count). The van der Waals surface area contributed by atoms with Crippen LogP contribution in [0.15, 0.2) is 24.3 Å². The number of aliphatic hydroxyl groups is 1. The van der Waals surface area contributed by atoms with Gasteiger partial charge < -0.3 is 15.2 Å². The average molecular weight is 269 g/mol. The lowest BCUT2D eigenvalue weighted by molar-refractivity contribution is -0.123. The third kappa shape index (κ3) is 6.76. The number of rotatable bonds is 8. The number of halogens is 1. The lowest BCUT2D eigenvalue weighted by Gasteiger charge is -2.09. The van der Waals surface area contributed by atoms with Crippen molar-refractivity contribution in [1.29, 1.82) is 0 Å². The van der Waals surface area contributed by atoms with E-state index in [0.29, 0.717) is 12.3 Å². The summed E-state index contributed by atoms with van der Waals surface area (Å²) in [4.78, 5) is 11.4. The third-order valence-electron chi connectivity index (χ3n) is 2.69. The Balaban J connectivity index is 2.12. The quantitative estimate of drug-likeness (QED) is 0.707. The topological polar surface area (TPSA) is 58.6 Å². The van der Waals surface area contributed by atoms with Crippen molar-refractivity contribution >= 4 is 5.91 Å². The van der Waals surface area contributed by atoms with Crippen LogP contribution >= 0.6 is 0 Å². The Bertz CT molecular complexity index is 381. The number of ether oxygens (including phenoxy) is 1. The van der Waals surface area contributed by atoms with Gasteiger partial charge in [0.2, 0.25) is 0 Å². The van der Waals surface area contributed by atoms with E-state index in [1.165, 1.54) is 24.3 Å². The predicted molar refractivity (Wildman–Crippen MR) is 70.4 cm³/mol. The Morgan fingerprint density at radius 2 is 2.11 bits per heavy atom. The van der Waals surface area contributed by atoms with Crippen LogP contribution in [-0.4, -0.2) is 30.8 Å². The first kappa shape index (κ1) is 15.4. The minimum Gasteiger partial charge on any atom is -0.484 e. The Morgan fingerprint density at radius 1 is 1.42 bits per heavy atom. The highest BCUT2D eigenvalue weighted by atomic mass is 19.1. The molecule has 1 atom stereocenters. The molecule has 1 amide bonds. The van der Waals surface area contributed by atoms with Gasteiger partial charge in [0.25, 0.3) is 5.91 Å². The Kier molecular flexibility index (Phi) is 6.89. The summed E-state index contributed by atoms with van der Waals surface area (Å²) in [6.07, 6.45) is 1.69. The molecule has 1 unspecified atom stereocenters. The number of carbonyl (C=O) groups is 1. The van der Waals surface area contributed by atoms with Crippen molar-refractivity contribution in [3.8, 4) is 5.75 Å². The summed E-state index contributed by atoms with van der Waals surface area (Å²) in [5.41, 5.74) is 0. The van der Waals surface area contributed by atoms with Crippen LogP contribution in [0.4, 0.5) is 4.39 Å². The van der Waals surface area contributed by atoms with E-state index >= 15 is 0 Å². The molecule has 2 N–H and O–H groups in total. The van der Waals surface area contributed by atoms with Gasteiger partial charge in [-0.3, -0.25) is 4.79 Å². The number of benzene rings is 1. The zero-order chi connectivity index (χ0) is 14.1. The molecule has 0 fully saturated rings. The molecule has 1 aromatic rings. The largest absolute Gasteiger partial charge is 0.484 e. The average Bonchev–Trinajstić information content (AvgIpc) is 2.42. The minimum absolute atomic E-state index is 0.0822. The van der Waals surface area contributed by atoms with E-state index in [-0.39, 0.29) is 30.9 Å². The van der Waals surface area contributed by atoms with Gasteiger partial charge in [-0.15, -0.1) is 0 Å². The summed E-state index contributed by atoms with van der Waals surface area (Å²) >= 11 is 0. The molecule has 0 aliphatic heterocycles. The van der Waals surface area contributed by atoms with E-state index in [1.54, 1.807) is 0 Å². The fourth-order valence-corrected chi connectivity index (χ4v) is 1.50. The second kappa shape index (κ2) is 8.48. The van der Waals surface area contributed by atoms with Gasteiger partial charge in [-0.05, 0) is 43.0 Å². The van der Waals surface area contributed by atoms with Gasteiger partial charge >= 0.3 is 0 Å². The van der Waals surface area contributed by atoms with Crippen molar-refractivity contribution < 1.29 is 19.0 Å². The van der Waals surface area contributed by atoms with Gasteiger partial charge in [0, 0.05) is 13.2 Å². The molecular weight excluding hydrogens is 249 g/mol. The first-order valence-corrected chi connectivity index (χ1v) is 6.37. The summed E-state index contributed by atoms with van der Waals surface area (Å²) in [7, 11) is 0. The Morgan fingerprint density at radius 3 is 2.74 bits per heavy atom. The van der Waals surface area contributed by atoms with Gasteiger partial charge in [0.1, 0.15) is 11.6 Å². The van der Waals surface area contributed by atoms with Gasteiger partial charge in [-0.2, -0.15) is 0 Å². The molecule has 0 aliphatic carbocycles. The molecule has 0 spiro atoms. The smallest absolute Gasteiger partial charge is 0.257 e. The molecule has 106 valence electrons. The fraction of sp³-hybridized carbons (Fsp3) is 0.500. The van der Waals surface area contributed by atoms with Crippen LogP contribution < -0.4 is 10.1 Å². The first-order chi connectivity index (χ1) is 9.11. The molecule has 0 radical (unpaired) electrons. The van der Waals surface area contributed by atoms with Crippen LogP contribution in [0.5, 0.6) is 5.75 Å². The molecule has 19 heavy (non-hydrogen) atoms. The molecule has 0 heterocycles. The fourth-order valence-electron chi connectivity index (χ4n) is 1.50. The highest BCUT2D eigenvalue weighted by molar-refractivity contribution is 5.77. The molecular formula is C14H20FNO3. The molecule has 0 saturated carbocycles. The molecule has 5 heteroatoms. The predicted octanol–water partition coefficient (Wildman–Crippen LogP) is 1.73. The normalized spacial score (nSPS) is 11.9. The van der Waals surface area contributed by atoms with Crippen molar-refractivity contribution in [2.24, 2.45) is 5.92 Å². The Labute approximate surface area is 112 Å². The first-order valence-electron chi connectivity index (χ1n) is 6.37. The Hall–Kier alpha value is -1.62. The number of carbonyl (C=O) groups excluding carboxylic acids is 1. The van der Waals surface area contributed by atoms with Gasteiger partial charge in [-0.25, -0.2) is 4.39 Å². The van der Waals surface area contributed by atoms with Crippen molar-refractivity contribution in [1.82, 2.24) is 5.32 Å². The third-order valence-corrected chi connectivity index (χ3v) is 2.69. The van der Waals surface area contributed by atoms with Crippen LogP contribution in [-0.2, 0) is 4.79 Å². The zero-order valence-electron chi connectivity index (χ0n) is 11.1. The molecule has 4 nitrogen and oxygen atoms in total. The van der Waals surface area contributed by atoms with Crippen LogP contribution in [0, 0.1) is 11.7 Å². The van der Waals surface area contributed by atoms with E-state index in [2.05, 4.69) is 5.32 Å². The van der Waals surface area contributed by atoms with E-state index in [9.17, 15) is 9.18 Å². The van der Waals surface area contributed by atoms with Gasteiger partial charge in [-0.1, -0.05) is 6.92 Å². The second-order valence-corrected chi connectivity index (χ2v) is 4.52. The number of hydrogen-bond donors (Lipinski definition) is 2. The highest BCUT2D eigenvalue weighted by Gasteiger charge is 2.04. The van der Waals surface area contributed by atoms with E-state index < -0.39 is 0 Å². The monoisotopic (exact) mass is 269 g/mol. The molecule has 1 aromatic carbocycles. The molecule has 0 saturated heterocycles. The minimum atomic E-state index is -0.338. The number of aliphatic hydroxyl groups excluding tert-OH is 1. The summed E-state index contributed by atoms with van der Waals surface area (Å²) in [6, 6.07) is 5.52. The summed E-state index contributed by atoms with van der Waals surface area (Å²) in [5, 5.41) is 11.6. The molecule has 0 aliphatic rings. The SMILES string of the molecule is CC(CO)CCCNC(=O)COc1ccc(F)cc1.